The maximum atomic E-state index is 12.5. The average molecular weight is 425 g/mol. The summed E-state index contributed by atoms with van der Waals surface area (Å²) in [5.41, 5.74) is 0.756. The molecule has 11 heteroatoms. The molecule has 1 aromatic heterocycles. The molecule has 2 N–H and O–H groups in total. The number of rotatable bonds is 3. The molecule has 2 saturated heterocycles. The summed E-state index contributed by atoms with van der Waals surface area (Å²) in [7, 11) is 0. The van der Waals surface area contributed by atoms with E-state index in [2.05, 4.69) is 25.6 Å². The third kappa shape index (κ3) is 4.74. The minimum Gasteiger partial charge on any atom is -0.339 e. The Hall–Kier alpha value is -3.47. The van der Waals surface area contributed by atoms with E-state index < -0.39 is 11.1 Å². The highest BCUT2D eigenvalue weighted by molar-refractivity contribution is 8.18. The van der Waals surface area contributed by atoms with Gasteiger partial charge in [-0.2, -0.15) is 4.98 Å². The molecule has 3 heterocycles. The van der Waals surface area contributed by atoms with Crippen LogP contribution >= 0.6 is 11.8 Å². The molecule has 10 nitrogen and oxygen atoms in total. The molecule has 0 bridgehead atoms. The zero-order chi connectivity index (χ0) is 20.9. The van der Waals surface area contributed by atoms with E-state index >= 15 is 0 Å². The van der Waals surface area contributed by atoms with Crippen LogP contribution in [0.1, 0.15) is 12.2 Å². The van der Waals surface area contributed by atoms with Crippen molar-refractivity contribution in [2.24, 2.45) is 0 Å². The van der Waals surface area contributed by atoms with Crippen LogP contribution in [0.15, 0.2) is 41.6 Å². The lowest BCUT2D eigenvalue weighted by atomic mass is 10.3. The Balaban J connectivity index is 1.41. The Kier molecular flexibility index (Phi) is 5.89. The number of nitrogens with one attached hydrogen (secondary N) is 2. The number of aromatic nitrogens is 3. The van der Waals surface area contributed by atoms with Crippen LogP contribution in [0.3, 0.4) is 0 Å². The Morgan fingerprint density at radius 2 is 1.93 bits per heavy atom. The zero-order valence-corrected chi connectivity index (χ0v) is 16.8. The van der Waals surface area contributed by atoms with Crippen molar-refractivity contribution < 1.29 is 14.4 Å². The number of thioether (sulfide) groups is 1. The minimum absolute atomic E-state index is 0.141. The van der Waals surface area contributed by atoms with Crippen LogP contribution in [-0.4, -0.2) is 63.2 Å². The number of benzene rings is 1. The first kappa shape index (κ1) is 19.8. The third-order valence-corrected chi connectivity index (χ3v) is 5.38. The van der Waals surface area contributed by atoms with Gasteiger partial charge in [0.1, 0.15) is 6.33 Å². The summed E-state index contributed by atoms with van der Waals surface area (Å²) in [5, 5.41) is 4.69. The highest BCUT2D eigenvalue weighted by atomic mass is 32.2. The van der Waals surface area contributed by atoms with Crippen molar-refractivity contribution in [1.82, 2.24) is 25.2 Å². The maximum Gasteiger partial charge on any atom is 0.321 e. The van der Waals surface area contributed by atoms with Crippen LogP contribution in [-0.2, 0) is 4.79 Å². The molecule has 0 aliphatic carbocycles. The van der Waals surface area contributed by atoms with E-state index in [9.17, 15) is 14.4 Å². The van der Waals surface area contributed by atoms with E-state index in [1.54, 1.807) is 4.90 Å². The van der Waals surface area contributed by atoms with Crippen LogP contribution < -0.4 is 15.5 Å². The average Bonchev–Trinajstić information content (AvgIpc) is 2.94. The largest absolute Gasteiger partial charge is 0.339 e. The van der Waals surface area contributed by atoms with Crippen molar-refractivity contribution in [2.75, 3.05) is 36.4 Å². The van der Waals surface area contributed by atoms with Gasteiger partial charge in [0.2, 0.25) is 5.95 Å². The zero-order valence-electron chi connectivity index (χ0n) is 15.9. The second-order valence-electron chi connectivity index (χ2n) is 6.62. The lowest BCUT2D eigenvalue weighted by Gasteiger charge is -2.22. The Morgan fingerprint density at radius 3 is 2.70 bits per heavy atom. The van der Waals surface area contributed by atoms with Crippen molar-refractivity contribution in [2.45, 2.75) is 6.42 Å². The van der Waals surface area contributed by atoms with Gasteiger partial charge in [-0.25, -0.2) is 14.8 Å². The van der Waals surface area contributed by atoms with Gasteiger partial charge in [0.15, 0.2) is 5.82 Å². The van der Waals surface area contributed by atoms with Crippen LogP contribution in [0, 0.1) is 0 Å². The predicted octanol–water partition coefficient (Wildman–Crippen LogP) is 1.94. The maximum absolute atomic E-state index is 12.5. The fraction of sp³-hybridized carbons (Fsp3) is 0.263. The Labute approximate surface area is 176 Å². The molecule has 154 valence electrons. The molecule has 0 unspecified atom stereocenters. The van der Waals surface area contributed by atoms with Crippen molar-refractivity contribution >= 4 is 46.7 Å². The van der Waals surface area contributed by atoms with Gasteiger partial charge in [0, 0.05) is 37.9 Å². The van der Waals surface area contributed by atoms with Gasteiger partial charge < -0.3 is 15.1 Å². The molecule has 0 radical (unpaired) electrons. The number of anilines is 2. The summed E-state index contributed by atoms with van der Waals surface area (Å²) in [6.07, 6.45) is 3.60. The molecule has 1 aromatic carbocycles. The van der Waals surface area contributed by atoms with Gasteiger partial charge in [-0.15, -0.1) is 0 Å². The molecule has 30 heavy (non-hydrogen) atoms. The Morgan fingerprint density at radius 1 is 1.10 bits per heavy atom. The van der Waals surface area contributed by atoms with E-state index in [1.165, 1.54) is 12.4 Å². The van der Waals surface area contributed by atoms with E-state index in [0.717, 1.165) is 23.9 Å². The highest BCUT2D eigenvalue weighted by Gasteiger charge is 2.26. The van der Waals surface area contributed by atoms with E-state index in [0.29, 0.717) is 38.0 Å². The highest BCUT2D eigenvalue weighted by Crippen LogP contribution is 2.24. The first-order valence-electron chi connectivity index (χ1n) is 9.38. The SMILES string of the molecule is O=C1NC(=O)/C(=C/c2ncnc(N3CCCN(C(=O)Nc4ccccc4)CC3)n2)S1. The molecule has 0 atom stereocenters. The molecule has 2 fully saturated rings. The van der Waals surface area contributed by atoms with Gasteiger partial charge in [0.05, 0.1) is 4.91 Å². The molecule has 2 aliphatic rings. The molecular weight excluding hydrogens is 406 g/mol. The number of para-hydroxylation sites is 1. The number of nitrogens with zero attached hydrogens (tertiary/aromatic N) is 5. The van der Waals surface area contributed by atoms with E-state index in [4.69, 9.17) is 0 Å². The standard InChI is InChI=1S/C19H19N7O3S/c27-16-14(30-19(29)24-16)11-15-20-12-21-17(23-15)25-7-4-8-26(10-9-25)18(28)22-13-5-2-1-3-6-13/h1-3,5-6,11-12H,4,7-10H2,(H,22,28)(H,24,27,29)/b14-11-. The number of carbonyl (C=O) groups excluding carboxylic acids is 3. The van der Waals surface area contributed by atoms with E-state index in [-0.39, 0.29) is 10.9 Å². The smallest absolute Gasteiger partial charge is 0.321 e. The molecule has 2 aromatic rings. The van der Waals surface area contributed by atoms with Gasteiger partial charge in [-0.1, -0.05) is 18.2 Å². The Bertz CT molecular complexity index is 999. The number of amides is 4. The monoisotopic (exact) mass is 425 g/mol. The molecule has 0 saturated carbocycles. The summed E-state index contributed by atoms with van der Waals surface area (Å²) < 4.78 is 0. The van der Waals surface area contributed by atoms with Gasteiger partial charge in [0.25, 0.3) is 11.1 Å². The number of hydrogen-bond acceptors (Lipinski definition) is 8. The normalized spacial score (nSPS) is 18.3. The van der Waals surface area contributed by atoms with Crippen molar-refractivity contribution in [1.29, 1.82) is 0 Å². The van der Waals surface area contributed by atoms with Gasteiger partial charge >= 0.3 is 6.03 Å². The first-order valence-corrected chi connectivity index (χ1v) is 10.2. The van der Waals surface area contributed by atoms with E-state index in [1.807, 2.05) is 35.2 Å². The summed E-state index contributed by atoms with van der Waals surface area (Å²) in [6, 6.07) is 9.19. The summed E-state index contributed by atoms with van der Waals surface area (Å²) >= 11 is 0.814. The first-order chi connectivity index (χ1) is 14.6. The lowest BCUT2D eigenvalue weighted by molar-refractivity contribution is -0.115. The summed E-state index contributed by atoms with van der Waals surface area (Å²) in [5.74, 6) is 0.314. The van der Waals surface area contributed by atoms with Gasteiger partial charge in [-0.3, -0.25) is 14.9 Å². The van der Waals surface area contributed by atoms with Crippen LogP contribution in [0.4, 0.5) is 21.2 Å². The van der Waals surface area contributed by atoms with Crippen LogP contribution in [0.2, 0.25) is 0 Å². The number of imide groups is 1. The minimum atomic E-state index is -0.457. The number of urea groups is 1. The topological polar surface area (TPSA) is 120 Å². The fourth-order valence-corrected chi connectivity index (χ4v) is 3.76. The quantitative estimate of drug-likeness (QED) is 0.716. The fourth-order valence-electron chi connectivity index (χ4n) is 3.10. The van der Waals surface area contributed by atoms with Crippen LogP contribution in [0.5, 0.6) is 0 Å². The van der Waals surface area contributed by atoms with Gasteiger partial charge in [-0.05, 0) is 30.3 Å². The second-order valence-corrected chi connectivity index (χ2v) is 7.63. The summed E-state index contributed by atoms with van der Waals surface area (Å²) in [6.45, 7) is 2.39. The van der Waals surface area contributed by atoms with Crippen LogP contribution in [0.25, 0.3) is 6.08 Å². The third-order valence-electron chi connectivity index (χ3n) is 4.57. The number of carbonyl (C=O) groups is 3. The molecule has 4 amide bonds. The molecule has 0 spiro atoms. The predicted molar refractivity (Wildman–Crippen MR) is 113 cm³/mol. The molecule has 4 rings (SSSR count). The second kappa shape index (κ2) is 8.91. The van der Waals surface area contributed by atoms with Crippen molar-refractivity contribution in [3.05, 3.63) is 47.4 Å². The molecular formula is C19H19N7O3S. The summed E-state index contributed by atoms with van der Waals surface area (Å²) in [4.78, 5) is 52.2. The number of hydrogen-bond donors (Lipinski definition) is 2. The van der Waals surface area contributed by atoms with Crippen molar-refractivity contribution in [3.8, 4) is 0 Å². The lowest BCUT2D eigenvalue weighted by Crippen LogP contribution is -2.38. The van der Waals surface area contributed by atoms with Crippen molar-refractivity contribution in [3.63, 3.8) is 0 Å². The molecule has 2 aliphatic heterocycles.